The number of hydrogen-bond donors (Lipinski definition) is 4. The van der Waals surface area contributed by atoms with Gasteiger partial charge in [-0.15, -0.1) is 0 Å². The molecule has 0 bridgehead atoms. The first-order valence-corrected chi connectivity index (χ1v) is 11.1. The van der Waals surface area contributed by atoms with Crippen LogP contribution in [-0.4, -0.2) is 74.2 Å². The van der Waals surface area contributed by atoms with Crippen LogP contribution in [0.5, 0.6) is 0 Å². The van der Waals surface area contributed by atoms with Crippen LogP contribution in [0.4, 0.5) is 0 Å². The van der Waals surface area contributed by atoms with Crippen LogP contribution in [-0.2, 0) is 50.0 Å². The van der Waals surface area contributed by atoms with Gasteiger partial charge in [-0.3, -0.25) is 13.9 Å². The summed E-state index contributed by atoms with van der Waals surface area (Å²) in [4.78, 5) is 11.5. The quantitative estimate of drug-likeness (QED) is 0.315. The summed E-state index contributed by atoms with van der Waals surface area (Å²) in [5.41, 5.74) is 0.625. The molecule has 0 saturated carbocycles. The zero-order valence-corrected chi connectivity index (χ0v) is 17.2. The third-order valence-corrected chi connectivity index (χ3v) is 4.83. The Hall–Kier alpha value is -1.69. The van der Waals surface area contributed by atoms with Gasteiger partial charge in [-0.05, 0) is 5.56 Å². The highest BCUT2D eigenvalue weighted by atomic mass is 32.3. The highest BCUT2D eigenvalue weighted by Gasteiger charge is 2.49. The SMILES string of the molecule is CC(=O)N[C@@H]1[C@@H](OS(=O)(=O)O)[C@H](OCc2ccccc2)[C@@H](COS(=O)(=O)O)O[C@@H]1O. The highest BCUT2D eigenvalue weighted by molar-refractivity contribution is 7.81. The molecule has 1 aliphatic heterocycles. The van der Waals surface area contributed by atoms with E-state index in [4.69, 9.17) is 18.6 Å². The molecule has 1 aromatic carbocycles. The summed E-state index contributed by atoms with van der Waals surface area (Å²) in [6, 6.07) is 6.96. The molecule has 0 radical (unpaired) electrons. The molecule has 13 nitrogen and oxygen atoms in total. The van der Waals surface area contributed by atoms with Gasteiger partial charge in [0.05, 0.1) is 13.2 Å². The van der Waals surface area contributed by atoms with Gasteiger partial charge in [0.25, 0.3) is 0 Å². The molecule has 0 aliphatic carbocycles. The molecule has 1 aromatic rings. The molecule has 5 atom stereocenters. The Morgan fingerprint density at radius 1 is 1.10 bits per heavy atom. The molecule has 0 aromatic heterocycles. The molecule has 4 N–H and O–H groups in total. The normalized spacial score (nSPS) is 27.5. The van der Waals surface area contributed by atoms with Gasteiger partial charge in [-0.1, -0.05) is 30.3 Å². The second kappa shape index (κ2) is 10.1. The fourth-order valence-electron chi connectivity index (χ4n) is 2.82. The van der Waals surface area contributed by atoms with Crippen molar-refractivity contribution in [1.29, 1.82) is 0 Å². The number of ether oxygens (including phenoxy) is 2. The second-order valence-corrected chi connectivity index (χ2v) is 8.39. The van der Waals surface area contributed by atoms with Gasteiger partial charge in [0.1, 0.15) is 24.4 Å². The fraction of sp³-hybridized carbons (Fsp3) is 0.533. The Bertz CT molecular complexity index is 920. The van der Waals surface area contributed by atoms with E-state index in [1.54, 1.807) is 30.3 Å². The number of rotatable bonds is 9. The average molecular weight is 471 g/mol. The highest BCUT2D eigenvalue weighted by Crippen LogP contribution is 2.27. The lowest BCUT2D eigenvalue weighted by atomic mass is 9.96. The molecule has 170 valence electrons. The predicted molar refractivity (Wildman–Crippen MR) is 97.4 cm³/mol. The summed E-state index contributed by atoms with van der Waals surface area (Å²) < 4.78 is 82.2. The second-order valence-electron chi connectivity index (χ2n) is 6.25. The van der Waals surface area contributed by atoms with E-state index in [1.807, 2.05) is 0 Å². The van der Waals surface area contributed by atoms with Gasteiger partial charge in [-0.2, -0.15) is 16.8 Å². The van der Waals surface area contributed by atoms with Gasteiger partial charge in [0.2, 0.25) is 5.91 Å². The van der Waals surface area contributed by atoms with Crippen molar-refractivity contribution < 1.29 is 53.7 Å². The number of nitrogens with one attached hydrogen (secondary N) is 1. The van der Waals surface area contributed by atoms with Gasteiger partial charge in [-0.25, -0.2) is 8.37 Å². The van der Waals surface area contributed by atoms with E-state index in [2.05, 4.69) is 13.7 Å². The number of benzene rings is 1. The number of carbonyl (C=O) groups is 1. The molecule has 0 spiro atoms. The Morgan fingerprint density at radius 2 is 1.73 bits per heavy atom. The van der Waals surface area contributed by atoms with Crippen LogP contribution in [0.3, 0.4) is 0 Å². The first-order valence-electron chi connectivity index (χ1n) is 8.39. The Morgan fingerprint density at radius 3 is 2.27 bits per heavy atom. The molecule has 0 unspecified atom stereocenters. The molecule has 1 amide bonds. The number of hydrogen-bond acceptors (Lipinski definition) is 10. The van der Waals surface area contributed by atoms with Crippen LogP contribution in [0.2, 0.25) is 0 Å². The lowest BCUT2D eigenvalue weighted by Gasteiger charge is -2.43. The molecule has 1 fully saturated rings. The van der Waals surface area contributed by atoms with Gasteiger partial charge in [0, 0.05) is 6.92 Å². The van der Waals surface area contributed by atoms with Crippen LogP contribution in [0.25, 0.3) is 0 Å². The molecule has 30 heavy (non-hydrogen) atoms. The van der Waals surface area contributed by atoms with Crippen LogP contribution in [0.1, 0.15) is 12.5 Å². The van der Waals surface area contributed by atoms with E-state index in [1.165, 1.54) is 0 Å². The minimum atomic E-state index is -5.10. The van der Waals surface area contributed by atoms with Gasteiger partial charge >= 0.3 is 20.8 Å². The van der Waals surface area contributed by atoms with E-state index in [0.29, 0.717) is 5.56 Å². The van der Waals surface area contributed by atoms with E-state index < -0.39 is 64.0 Å². The van der Waals surface area contributed by atoms with E-state index in [-0.39, 0.29) is 6.61 Å². The molecule has 1 saturated heterocycles. The number of amides is 1. The lowest BCUT2D eigenvalue weighted by Crippen LogP contribution is -2.65. The largest absolute Gasteiger partial charge is 0.397 e. The molecule has 1 heterocycles. The lowest BCUT2D eigenvalue weighted by molar-refractivity contribution is -0.259. The Balaban J connectivity index is 2.35. The van der Waals surface area contributed by atoms with Crippen LogP contribution >= 0.6 is 0 Å². The van der Waals surface area contributed by atoms with Crippen molar-refractivity contribution in [2.75, 3.05) is 6.61 Å². The third-order valence-electron chi connectivity index (χ3n) is 3.93. The van der Waals surface area contributed by atoms with Crippen molar-refractivity contribution in [3.8, 4) is 0 Å². The number of aliphatic hydroxyl groups is 1. The predicted octanol–water partition coefficient (Wildman–Crippen LogP) is -1.20. The van der Waals surface area contributed by atoms with Crippen molar-refractivity contribution >= 4 is 26.7 Å². The van der Waals surface area contributed by atoms with E-state index in [0.717, 1.165) is 6.92 Å². The summed E-state index contributed by atoms with van der Waals surface area (Å²) in [6.45, 7) is 0.0313. The summed E-state index contributed by atoms with van der Waals surface area (Å²) in [6.07, 6.45) is -6.60. The molecule has 2 rings (SSSR count). The first-order chi connectivity index (χ1) is 13.9. The van der Waals surface area contributed by atoms with E-state index >= 15 is 0 Å². The van der Waals surface area contributed by atoms with E-state index in [9.17, 15) is 26.7 Å². The minimum Gasteiger partial charge on any atom is -0.368 e. The molecular weight excluding hydrogens is 450 g/mol. The average Bonchev–Trinajstić information content (AvgIpc) is 2.61. The zero-order valence-electron chi connectivity index (χ0n) is 15.5. The summed E-state index contributed by atoms with van der Waals surface area (Å²) in [5.74, 6) is -0.693. The van der Waals surface area contributed by atoms with Gasteiger partial charge < -0.3 is 19.9 Å². The van der Waals surface area contributed by atoms with Crippen molar-refractivity contribution in [3.05, 3.63) is 35.9 Å². The number of aliphatic hydroxyl groups excluding tert-OH is 1. The van der Waals surface area contributed by atoms with Crippen molar-refractivity contribution in [3.63, 3.8) is 0 Å². The smallest absolute Gasteiger partial charge is 0.368 e. The Kier molecular flexibility index (Phi) is 8.26. The summed E-state index contributed by atoms with van der Waals surface area (Å²) in [7, 11) is -10.0. The maximum atomic E-state index is 11.5. The first kappa shape index (κ1) is 24.6. The standard InChI is InChI=1S/C15H21NO12S2/c1-9(17)16-12-14(28-30(22,23)24)13(25-7-10-5-3-2-4-6-10)11(27-15(12)18)8-26-29(19,20)21/h2-6,11-15,18H,7-8H2,1H3,(H,16,17)(H,19,20,21)(H,22,23,24)/t11-,12-,13-,14-,15+/m1/s1. The number of carbonyl (C=O) groups excluding carboxylic acids is 1. The summed E-state index contributed by atoms with van der Waals surface area (Å²) in [5, 5.41) is 12.4. The minimum absolute atomic E-state index is 0.147. The van der Waals surface area contributed by atoms with Crippen LogP contribution in [0.15, 0.2) is 30.3 Å². The van der Waals surface area contributed by atoms with Crippen molar-refractivity contribution in [2.24, 2.45) is 0 Å². The maximum Gasteiger partial charge on any atom is 0.397 e. The van der Waals surface area contributed by atoms with Gasteiger partial charge in [0.15, 0.2) is 6.29 Å². The molecular formula is C15H21NO12S2. The topological polar surface area (TPSA) is 195 Å². The van der Waals surface area contributed by atoms with Crippen LogP contribution < -0.4 is 5.32 Å². The Labute approximate surface area is 172 Å². The third kappa shape index (κ3) is 7.86. The molecule has 1 aliphatic rings. The van der Waals surface area contributed by atoms with Crippen molar-refractivity contribution in [1.82, 2.24) is 5.32 Å². The molecule has 15 heteroatoms. The van der Waals surface area contributed by atoms with Crippen LogP contribution in [0, 0.1) is 0 Å². The monoisotopic (exact) mass is 471 g/mol. The fourth-order valence-corrected chi connectivity index (χ4v) is 3.63. The van der Waals surface area contributed by atoms with Crippen molar-refractivity contribution in [2.45, 2.75) is 44.2 Å². The summed E-state index contributed by atoms with van der Waals surface area (Å²) >= 11 is 0. The maximum absolute atomic E-state index is 11.5. The zero-order chi connectivity index (χ0) is 22.5.